The SMILES string of the molecule is Cc1cc(=O)n(Cc2cc(N)cc3c2OCOC3)cn1. The molecule has 104 valence electrons. The van der Waals surface area contributed by atoms with Gasteiger partial charge >= 0.3 is 0 Å². The zero-order valence-electron chi connectivity index (χ0n) is 11.1. The molecule has 1 aromatic carbocycles. The van der Waals surface area contributed by atoms with E-state index >= 15 is 0 Å². The molecule has 2 N–H and O–H groups in total. The van der Waals surface area contributed by atoms with Crippen molar-refractivity contribution in [1.29, 1.82) is 0 Å². The Morgan fingerprint density at radius 1 is 1.40 bits per heavy atom. The molecule has 6 heteroatoms. The van der Waals surface area contributed by atoms with Crippen molar-refractivity contribution >= 4 is 5.69 Å². The summed E-state index contributed by atoms with van der Waals surface area (Å²) in [6, 6.07) is 5.15. The number of aromatic nitrogens is 2. The number of rotatable bonds is 2. The fourth-order valence-electron chi connectivity index (χ4n) is 2.26. The van der Waals surface area contributed by atoms with Crippen LogP contribution in [0.5, 0.6) is 5.75 Å². The minimum Gasteiger partial charge on any atom is -0.467 e. The van der Waals surface area contributed by atoms with Crippen LogP contribution in [0, 0.1) is 6.92 Å². The fourth-order valence-corrected chi connectivity index (χ4v) is 2.26. The average molecular weight is 273 g/mol. The number of ether oxygens (including phenoxy) is 2. The zero-order valence-corrected chi connectivity index (χ0v) is 11.1. The second-order valence-corrected chi connectivity index (χ2v) is 4.78. The minimum absolute atomic E-state index is 0.0965. The van der Waals surface area contributed by atoms with Crippen molar-refractivity contribution in [3.05, 3.63) is 51.7 Å². The van der Waals surface area contributed by atoms with Crippen molar-refractivity contribution in [3.63, 3.8) is 0 Å². The Balaban J connectivity index is 2.02. The molecule has 0 saturated carbocycles. The number of hydrogen-bond acceptors (Lipinski definition) is 5. The first-order valence-electron chi connectivity index (χ1n) is 6.28. The second-order valence-electron chi connectivity index (χ2n) is 4.78. The molecule has 1 aliphatic heterocycles. The quantitative estimate of drug-likeness (QED) is 0.827. The van der Waals surface area contributed by atoms with E-state index in [-0.39, 0.29) is 12.4 Å². The molecule has 0 atom stereocenters. The first-order chi connectivity index (χ1) is 9.63. The molecule has 2 aromatic rings. The smallest absolute Gasteiger partial charge is 0.253 e. The van der Waals surface area contributed by atoms with Crippen LogP contribution in [0.4, 0.5) is 5.69 Å². The Kier molecular flexibility index (Phi) is 3.15. The fraction of sp³-hybridized carbons (Fsp3) is 0.286. The van der Waals surface area contributed by atoms with E-state index < -0.39 is 0 Å². The van der Waals surface area contributed by atoms with Crippen LogP contribution < -0.4 is 16.0 Å². The molecule has 0 aliphatic carbocycles. The maximum Gasteiger partial charge on any atom is 0.253 e. The standard InChI is InChI=1S/C14H15N3O3/c1-9-2-13(18)17(7-16-9)5-10-3-12(15)4-11-6-19-8-20-14(10)11/h2-4,7H,5-6,8,15H2,1H3. The molecule has 0 amide bonds. The lowest BCUT2D eigenvalue weighted by molar-refractivity contribution is -0.0170. The van der Waals surface area contributed by atoms with E-state index in [1.807, 2.05) is 12.1 Å². The van der Waals surface area contributed by atoms with Crippen LogP contribution >= 0.6 is 0 Å². The minimum atomic E-state index is -0.0965. The molecule has 1 aromatic heterocycles. The molecule has 0 radical (unpaired) electrons. The number of nitrogens with zero attached hydrogens (tertiary/aromatic N) is 2. The van der Waals surface area contributed by atoms with Crippen LogP contribution in [-0.4, -0.2) is 16.3 Å². The van der Waals surface area contributed by atoms with Crippen LogP contribution in [0.25, 0.3) is 0 Å². The number of nitrogen functional groups attached to an aromatic ring is 1. The van der Waals surface area contributed by atoms with Gasteiger partial charge < -0.3 is 15.2 Å². The van der Waals surface area contributed by atoms with E-state index in [2.05, 4.69) is 4.98 Å². The van der Waals surface area contributed by atoms with Gasteiger partial charge in [0.2, 0.25) is 0 Å². The van der Waals surface area contributed by atoms with Gasteiger partial charge in [-0.05, 0) is 19.1 Å². The number of fused-ring (bicyclic) bond motifs is 1. The third-order valence-corrected chi connectivity index (χ3v) is 3.17. The first-order valence-corrected chi connectivity index (χ1v) is 6.28. The first kappa shape index (κ1) is 12.7. The summed E-state index contributed by atoms with van der Waals surface area (Å²) >= 11 is 0. The van der Waals surface area contributed by atoms with Crippen LogP contribution in [0.3, 0.4) is 0 Å². The summed E-state index contributed by atoms with van der Waals surface area (Å²) in [6.07, 6.45) is 1.53. The largest absolute Gasteiger partial charge is 0.467 e. The maximum atomic E-state index is 11.9. The molecule has 0 bridgehead atoms. The molecular weight excluding hydrogens is 258 g/mol. The molecule has 0 saturated heterocycles. The van der Waals surface area contributed by atoms with Crippen LogP contribution in [0.15, 0.2) is 29.3 Å². The van der Waals surface area contributed by atoms with Gasteiger partial charge in [0, 0.05) is 28.6 Å². The Labute approximate surface area is 115 Å². The lowest BCUT2D eigenvalue weighted by Crippen LogP contribution is -2.22. The van der Waals surface area contributed by atoms with Crippen molar-refractivity contribution in [3.8, 4) is 5.75 Å². The van der Waals surface area contributed by atoms with E-state index in [1.165, 1.54) is 17.0 Å². The highest BCUT2D eigenvalue weighted by Crippen LogP contribution is 2.31. The van der Waals surface area contributed by atoms with E-state index in [1.54, 1.807) is 6.92 Å². The number of anilines is 1. The molecule has 0 fully saturated rings. The van der Waals surface area contributed by atoms with Gasteiger partial charge in [0.25, 0.3) is 5.56 Å². The number of hydrogen-bond donors (Lipinski definition) is 1. The summed E-state index contributed by atoms with van der Waals surface area (Å²) in [5.41, 5.74) is 8.87. The van der Waals surface area contributed by atoms with Crippen molar-refractivity contribution in [2.75, 3.05) is 12.5 Å². The summed E-state index contributed by atoms with van der Waals surface area (Å²) in [5, 5.41) is 0. The van der Waals surface area contributed by atoms with E-state index in [9.17, 15) is 4.79 Å². The lowest BCUT2D eigenvalue weighted by atomic mass is 10.1. The van der Waals surface area contributed by atoms with Gasteiger partial charge in [0.1, 0.15) is 5.75 Å². The van der Waals surface area contributed by atoms with Gasteiger partial charge in [0.15, 0.2) is 6.79 Å². The highest BCUT2D eigenvalue weighted by molar-refractivity contribution is 5.53. The summed E-state index contributed by atoms with van der Waals surface area (Å²) in [5.74, 6) is 0.748. The van der Waals surface area contributed by atoms with Crippen molar-refractivity contribution in [2.45, 2.75) is 20.1 Å². The van der Waals surface area contributed by atoms with Gasteiger partial charge in [-0.25, -0.2) is 4.98 Å². The molecule has 2 heterocycles. The number of aryl methyl sites for hydroxylation is 1. The van der Waals surface area contributed by atoms with Gasteiger partial charge in [-0.3, -0.25) is 9.36 Å². The van der Waals surface area contributed by atoms with Gasteiger partial charge in [0.05, 0.1) is 19.5 Å². The summed E-state index contributed by atoms with van der Waals surface area (Å²) in [7, 11) is 0. The number of nitrogens with two attached hydrogens (primary N) is 1. The van der Waals surface area contributed by atoms with Gasteiger partial charge in [-0.2, -0.15) is 0 Å². The number of benzene rings is 1. The third-order valence-electron chi connectivity index (χ3n) is 3.17. The van der Waals surface area contributed by atoms with Crippen LogP contribution in [-0.2, 0) is 17.9 Å². The Bertz CT molecular complexity index is 709. The van der Waals surface area contributed by atoms with Crippen LogP contribution in [0.2, 0.25) is 0 Å². The topological polar surface area (TPSA) is 79.4 Å². The molecule has 0 unspecified atom stereocenters. The van der Waals surface area contributed by atoms with E-state index in [0.717, 1.165) is 16.9 Å². The highest BCUT2D eigenvalue weighted by atomic mass is 16.7. The van der Waals surface area contributed by atoms with Crippen LogP contribution in [0.1, 0.15) is 16.8 Å². The van der Waals surface area contributed by atoms with Gasteiger partial charge in [-0.15, -0.1) is 0 Å². The van der Waals surface area contributed by atoms with Crippen molar-refractivity contribution in [2.24, 2.45) is 0 Å². The van der Waals surface area contributed by atoms with E-state index in [4.69, 9.17) is 15.2 Å². The molecular formula is C14H15N3O3. The summed E-state index contributed by atoms with van der Waals surface area (Å²) < 4.78 is 12.3. The highest BCUT2D eigenvalue weighted by Gasteiger charge is 2.16. The molecule has 20 heavy (non-hydrogen) atoms. The maximum absolute atomic E-state index is 11.9. The summed E-state index contributed by atoms with van der Waals surface area (Å²) in [6.45, 7) is 2.84. The molecule has 3 rings (SSSR count). The Hall–Kier alpha value is -2.34. The Morgan fingerprint density at radius 3 is 3.05 bits per heavy atom. The lowest BCUT2D eigenvalue weighted by Gasteiger charge is -2.21. The molecule has 1 aliphatic rings. The van der Waals surface area contributed by atoms with E-state index in [0.29, 0.717) is 24.5 Å². The average Bonchev–Trinajstić information content (AvgIpc) is 2.41. The second kappa shape index (κ2) is 4.97. The predicted octanol–water partition coefficient (Wildman–Crippen LogP) is 1.05. The normalized spacial score (nSPS) is 13.7. The monoisotopic (exact) mass is 273 g/mol. The van der Waals surface area contributed by atoms with Crippen molar-refractivity contribution < 1.29 is 9.47 Å². The Morgan fingerprint density at radius 2 is 2.25 bits per heavy atom. The summed E-state index contributed by atoms with van der Waals surface area (Å²) in [4.78, 5) is 16.1. The third kappa shape index (κ3) is 2.37. The molecule has 6 nitrogen and oxygen atoms in total. The van der Waals surface area contributed by atoms with Crippen molar-refractivity contribution in [1.82, 2.24) is 9.55 Å². The molecule has 0 spiro atoms. The predicted molar refractivity (Wildman–Crippen MR) is 73.5 cm³/mol. The van der Waals surface area contributed by atoms with Gasteiger partial charge in [-0.1, -0.05) is 0 Å². The zero-order chi connectivity index (χ0) is 14.1.